The predicted molar refractivity (Wildman–Crippen MR) is 164 cm³/mol. The van der Waals surface area contributed by atoms with Crippen molar-refractivity contribution >= 4 is 51.6 Å². The maximum atomic E-state index is 13.9. The van der Waals surface area contributed by atoms with E-state index in [9.17, 15) is 14.0 Å². The molecule has 1 unspecified atom stereocenters. The highest BCUT2D eigenvalue weighted by molar-refractivity contribution is 8.00. The maximum Gasteiger partial charge on any atom is 0.266 e. The molecule has 1 aromatic heterocycles. The van der Waals surface area contributed by atoms with E-state index in [1.165, 1.54) is 28.5 Å². The Bertz CT molecular complexity index is 1490. The summed E-state index contributed by atoms with van der Waals surface area (Å²) in [6.07, 6.45) is 5.59. The van der Waals surface area contributed by atoms with E-state index >= 15 is 0 Å². The molecule has 1 saturated heterocycles. The Balaban J connectivity index is 1.66. The fraction of sp³-hybridized carbons (Fsp3) is 0.323. The van der Waals surface area contributed by atoms with Crippen molar-refractivity contribution in [2.24, 2.45) is 5.92 Å². The summed E-state index contributed by atoms with van der Waals surface area (Å²) in [6, 6.07) is 13.6. The number of amides is 1. The Morgan fingerprint density at radius 1 is 1.12 bits per heavy atom. The minimum atomic E-state index is -0.445. The van der Waals surface area contributed by atoms with Crippen molar-refractivity contribution in [3.63, 3.8) is 0 Å². The molecule has 1 fully saturated rings. The first-order valence-electron chi connectivity index (χ1n) is 13.4. The third kappa shape index (κ3) is 6.85. The van der Waals surface area contributed by atoms with Gasteiger partial charge in [0.25, 0.3) is 5.56 Å². The van der Waals surface area contributed by atoms with Crippen molar-refractivity contribution in [2.75, 3.05) is 31.1 Å². The fourth-order valence-electron chi connectivity index (χ4n) is 4.65. The molecule has 2 aromatic carbocycles. The molecule has 0 bridgehead atoms. The van der Waals surface area contributed by atoms with Crippen molar-refractivity contribution in [1.29, 1.82) is 0 Å². The fourth-order valence-corrected chi connectivity index (χ4v) is 6.20. The molecule has 210 valence electrons. The number of rotatable bonds is 9. The van der Waals surface area contributed by atoms with Crippen molar-refractivity contribution in [2.45, 2.75) is 37.6 Å². The summed E-state index contributed by atoms with van der Waals surface area (Å²) in [5.41, 5.74) is 1.74. The van der Waals surface area contributed by atoms with E-state index < -0.39 is 5.25 Å². The van der Waals surface area contributed by atoms with Gasteiger partial charge in [0.05, 0.1) is 21.8 Å². The smallest absolute Gasteiger partial charge is 0.266 e. The number of hydrogen-bond acceptors (Lipinski definition) is 5. The van der Waals surface area contributed by atoms with Crippen LogP contribution in [0.4, 0.5) is 10.1 Å². The molecule has 0 spiro atoms. The summed E-state index contributed by atoms with van der Waals surface area (Å²) in [6.45, 7) is 12.3. The zero-order chi connectivity index (χ0) is 28.8. The van der Waals surface area contributed by atoms with Gasteiger partial charge in [-0.1, -0.05) is 62.0 Å². The first kappa shape index (κ1) is 29.6. The van der Waals surface area contributed by atoms with Crippen LogP contribution < -0.4 is 10.5 Å². The highest BCUT2D eigenvalue weighted by Gasteiger charge is 2.31. The third-order valence-electron chi connectivity index (χ3n) is 6.77. The average molecular weight is 581 g/mol. The van der Waals surface area contributed by atoms with Gasteiger partial charge in [-0.25, -0.2) is 9.37 Å². The Morgan fingerprint density at radius 2 is 1.80 bits per heavy atom. The molecule has 0 aliphatic carbocycles. The normalized spacial score (nSPS) is 15.6. The number of carbonyl (C=O) groups excluding carboxylic acids is 1. The number of benzene rings is 2. The Kier molecular flexibility index (Phi) is 9.87. The van der Waals surface area contributed by atoms with Crippen LogP contribution in [0, 0.1) is 11.7 Å². The first-order valence-corrected chi connectivity index (χ1v) is 14.6. The van der Waals surface area contributed by atoms with Gasteiger partial charge in [0.1, 0.15) is 5.82 Å². The molecule has 0 saturated carbocycles. The summed E-state index contributed by atoms with van der Waals surface area (Å²) in [4.78, 5) is 36.5. The molecule has 0 radical (unpaired) electrons. The second-order valence-corrected chi connectivity index (χ2v) is 11.6. The number of carbonyl (C=O) groups is 1. The molecular formula is C31H34ClFN4O2S. The van der Waals surface area contributed by atoms with Crippen LogP contribution in [0.3, 0.4) is 0 Å². The monoisotopic (exact) mass is 580 g/mol. The molecule has 1 aliphatic rings. The quantitative estimate of drug-likeness (QED) is 0.163. The summed E-state index contributed by atoms with van der Waals surface area (Å²) in [5.74, 6) is -0.00848. The number of fused-ring (bicyclic) bond motifs is 1. The lowest BCUT2D eigenvalue weighted by Crippen LogP contribution is -2.51. The largest absolute Gasteiger partial charge is 0.368 e. The summed E-state index contributed by atoms with van der Waals surface area (Å²) >= 11 is 7.62. The second kappa shape index (κ2) is 13.3. The lowest BCUT2D eigenvalue weighted by Gasteiger charge is -2.37. The van der Waals surface area contributed by atoms with Crippen molar-refractivity contribution in [1.82, 2.24) is 14.5 Å². The van der Waals surface area contributed by atoms with Crippen LogP contribution in [0.15, 0.2) is 88.3 Å². The third-order valence-corrected chi connectivity index (χ3v) is 8.26. The number of allylic oxidation sites excluding steroid dienone is 5. The highest BCUT2D eigenvalue weighted by Crippen LogP contribution is 2.31. The van der Waals surface area contributed by atoms with Gasteiger partial charge in [0, 0.05) is 36.9 Å². The van der Waals surface area contributed by atoms with Crippen molar-refractivity contribution in [3.8, 4) is 0 Å². The predicted octanol–water partition coefficient (Wildman–Crippen LogP) is 6.56. The van der Waals surface area contributed by atoms with E-state index in [0.29, 0.717) is 59.4 Å². The van der Waals surface area contributed by atoms with Crippen molar-refractivity contribution < 1.29 is 9.18 Å². The number of hydrogen-bond donors (Lipinski definition) is 0. The van der Waals surface area contributed by atoms with Gasteiger partial charge in [-0.2, -0.15) is 0 Å². The molecular weight excluding hydrogens is 547 g/mol. The Morgan fingerprint density at radius 3 is 2.42 bits per heavy atom. The number of nitrogens with zero attached hydrogens (tertiary/aromatic N) is 4. The molecule has 40 heavy (non-hydrogen) atoms. The highest BCUT2D eigenvalue weighted by atomic mass is 35.5. The minimum Gasteiger partial charge on any atom is -0.368 e. The molecule has 4 rings (SSSR count). The number of anilines is 1. The number of piperazine rings is 1. The molecule has 6 nitrogen and oxygen atoms in total. The first-order chi connectivity index (χ1) is 19.2. The van der Waals surface area contributed by atoms with Crippen LogP contribution in [-0.2, 0) is 4.79 Å². The van der Waals surface area contributed by atoms with Crippen molar-refractivity contribution in [3.05, 3.63) is 94.5 Å². The number of para-hydroxylation sites is 1. The van der Waals surface area contributed by atoms with E-state index in [2.05, 4.69) is 25.3 Å². The van der Waals surface area contributed by atoms with Gasteiger partial charge in [-0.15, -0.1) is 0 Å². The lowest BCUT2D eigenvalue weighted by molar-refractivity contribution is -0.131. The molecule has 3 aromatic rings. The average Bonchev–Trinajstić information content (AvgIpc) is 2.96. The zero-order valence-electron chi connectivity index (χ0n) is 23.0. The molecule has 1 aliphatic heterocycles. The van der Waals surface area contributed by atoms with Crippen LogP contribution in [0.5, 0.6) is 0 Å². The van der Waals surface area contributed by atoms with Gasteiger partial charge in [0.2, 0.25) is 5.91 Å². The van der Waals surface area contributed by atoms with Gasteiger partial charge in [-0.05, 0) is 67.8 Å². The SMILES string of the molecule is C=C/C(=C\C(Cl)=C/C)n1c(SC(CC(C)C)C(=O)N2CCN(c3ccc(F)cc3)CC2)nc2ccccc2c1=O. The standard InChI is InChI=1S/C31H34ClFN4O2S/c1-5-22(32)20-24(6-2)37-29(38)26-9-7-8-10-27(26)34-31(37)40-28(19-21(3)4)30(39)36-17-15-35(16-18-36)25-13-11-23(33)12-14-25/h5-14,20-21,28H,2,15-19H2,1,3-4H3/b22-5+,24-20+. The zero-order valence-corrected chi connectivity index (χ0v) is 24.6. The Hall–Kier alpha value is -3.36. The van der Waals surface area contributed by atoms with Gasteiger partial charge in [0.15, 0.2) is 5.16 Å². The molecule has 1 amide bonds. The van der Waals surface area contributed by atoms with Crippen LogP contribution in [0.25, 0.3) is 16.6 Å². The van der Waals surface area contributed by atoms with E-state index in [0.717, 1.165) is 5.69 Å². The number of halogens is 2. The van der Waals surface area contributed by atoms with Gasteiger partial charge >= 0.3 is 0 Å². The lowest BCUT2D eigenvalue weighted by atomic mass is 10.1. The molecule has 0 N–H and O–H groups in total. The van der Waals surface area contributed by atoms with Gasteiger partial charge < -0.3 is 9.80 Å². The van der Waals surface area contributed by atoms with Crippen LogP contribution in [0.2, 0.25) is 0 Å². The molecule has 9 heteroatoms. The maximum absolute atomic E-state index is 13.9. The van der Waals surface area contributed by atoms with E-state index in [4.69, 9.17) is 16.6 Å². The van der Waals surface area contributed by atoms with E-state index in [1.807, 2.05) is 17.9 Å². The van der Waals surface area contributed by atoms with Crippen LogP contribution in [0.1, 0.15) is 27.2 Å². The minimum absolute atomic E-state index is 0.0158. The summed E-state index contributed by atoms with van der Waals surface area (Å²) < 4.78 is 14.9. The van der Waals surface area contributed by atoms with E-state index in [-0.39, 0.29) is 23.2 Å². The van der Waals surface area contributed by atoms with Crippen LogP contribution in [-0.4, -0.2) is 51.8 Å². The Labute approximate surface area is 243 Å². The number of aromatic nitrogens is 2. The molecule has 1 atom stereocenters. The molecule has 2 heterocycles. The number of thioether (sulfide) groups is 1. The summed E-state index contributed by atoms with van der Waals surface area (Å²) in [5, 5.41) is 0.902. The topological polar surface area (TPSA) is 58.4 Å². The summed E-state index contributed by atoms with van der Waals surface area (Å²) in [7, 11) is 0. The van der Waals surface area contributed by atoms with E-state index in [1.54, 1.807) is 48.6 Å². The second-order valence-electron chi connectivity index (χ2n) is 10.0. The van der Waals surface area contributed by atoms with Gasteiger partial charge in [-0.3, -0.25) is 14.2 Å². The van der Waals surface area contributed by atoms with Crippen LogP contribution >= 0.6 is 23.4 Å².